The molecule has 2 aromatic carbocycles. The quantitative estimate of drug-likeness (QED) is 0.215. The molecule has 2 aromatic heterocycles. The molecule has 0 atom stereocenters. The predicted octanol–water partition coefficient (Wildman–Crippen LogP) is 5.70. The molecule has 0 bridgehead atoms. The molecule has 4 rings (SSSR count). The molecule has 0 aliphatic heterocycles. The van der Waals surface area contributed by atoms with E-state index in [9.17, 15) is 9.59 Å². The summed E-state index contributed by atoms with van der Waals surface area (Å²) in [6, 6.07) is 18.7. The van der Waals surface area contributed by atoms with Crippen molar-refractivity contribution in [2.45, 2.75) is 11.7 Å². The van der Waals surface area contributed by atoms with Crippen molar-refractivity contribution in [1.82, 2.24) is 9.55 Å². The number of fused-ring (bicyclic) bond motifs is 1. The topological polar surface area (TPSA) is 64.0 Å². The van der Waals surface area contributed by atoms with Crippen molar-refractivity contribution in [2.75, 3.05) is 11.1 Å². The Labute approximate surface area is 192 Å². The zero-order chi connectivity index (χ0) is 21.8. The molecule has 0 saturated carbocycles. The Bertz CT molecular complexity index is 1300. The van der Waals surface area contributed by atoms with Crippen LogP contribution < -0.4 is 10.9 Å². The first-order chi connectivity index (χ1) is 15.0. The summed E-state index contributed by atoms with van der Waals surface area (Å²) < 4.78 is 1.55. The third kappa shape index (κ3) is 4.90. The van der Waals surface area contributed by atoms with Crippen LogP contribution in [0, 0.1) is 0 Å². The first-order valence-corrected chi connectivity index (χ1v) is 11.6. The van der Waals surface area contributed by atoms with Gasteiger partial charge < -0.3 is 5.32 Å². The van der Waals surface area contributed by atoms with Crippen LogP contribution in [0.5, 0.6) is 0 Å². The lowest BCUT2D eigenvalue weighted by Gasteiger charge is -2.10. The number of hydrogen-bond acceptors (Lipinski definition) is 5. The number of aromatic nitrogens is 2. The number of allylic oxidation sites excluding steroid dienone is 1. The Kier molecular flexibility index (Phi) is 6.56. The summed E-state index contributed by atoms with van der Waals surface area (Å²) in [7, 11) is 0. The highest BCUT2D eigenvalue weighted by molar-refractivity contribution is 7.99. The molecule has 0 spiro atoms. The SMILES string of the molecule is C=CCn1c(SCC(=O)Nc2ccc(Cl)cc2)nc2sc(-c3ccccc3)cc2c1=O. The fourth-order valence-corrected chi connectivity index (χ4v) is 5.02. The molecule has 31 heavy (non-hydrogen) atoms. The van der Waals surface area contributed by atoms with Gasteiger partial charge in [-0.1, -0.05) is 59.8 Å². The van der Waals surface area contributed by atoms with Crippen LogP contribution in [-0.2, 0) is 11.3 Å². The lowest BCUT2D eigenvalue weighted by molar-refractivity contribution is -0.113. The van der Waals surface area contributed by atoms with Crippen molar-refractivity contribution in [3.05, 3.63) is 88.7 Å². The molecule has 1 N–H and O–H groups in total. The van der Waals surface area contributed by atoms with E-state index in [4.69, 9.17) is 16.6 Å². The van der Waals surface area contributed by atoms with Gasteiger partial charge in [0.15, 0.2) is 5.16 Å². The van der Waals surface area contributed by atoms with Gasteiger partial charge in [0, 0.05) is 22.1 Å². The molecule has 4 aromatic rings. The van der Waals surface area contributed by atoms with Crippen LogP contribution in [0.25, 0.3) is 20.7 Å². The number of thiophene rings is 1. The second-order valence-corrected chi connectivity index (χ2v) is 9.05. The number of nitrogens with one attached hydrogen (secondary N) is 1. The van der Waals surface area contributed by atoms with E-state index in [0.717, 1.165) is 10.4 Å². The molecule has 156 valence electrons. The predicted molar refractivity (Wildman–Crippen MR) is 130 cm³/mol. The Morgan fingerprint density at radius 2 is 1.94 bits per heavy atom. The summed E-state index contributed by atoms with van der Waals surface area (Å²) in [6.45, 7) is 4.06. The average molecular weight is 468 g/mol. The van der Waals surface area contributed by atoms with Crippen LogP contribution in [-0.4, -0.2) is 21.2 Å². The molecular weight excluding hydrogens is 450 g/mol. The van der Waals surface area contributed by atoms with E-state index >= 15 is 0 Å². The smallest absolute Gasteiger partial charge is 0.263 e. The number of nitrogens with zero attached hydrogens (tertiary/aromatic N) is 2. The summed E-state index contributed by atoms with van der Waals surface area (Å²) in [5.41, 5.74) is 1.56. The van der Waals surface area contributed by atoms with Gasteiger partial charge in [-0.05, 0) is 35.9 Å². The minimum atomic E-state index is -0.192. The van der Waals surface area contributed by atoms with Crippen LogP contribution in [0.4, 0.5) is 5.69 Å². The third-order valence-electron chi connectivity index (χ3n) is 4.45. The molecule has 0 saturated heterocycles. The molecule has 0 fully saturated rings. The van der Waals surface area contributed by atoms with E-state index in [2.05, 4.69) is 11.9 Å². The summed E-state index contributed by atoms with van der Waals surface area (Å²) in [5.74, 6) is -0.0720. The van der Waals surface area contributed by atoms with Crippen molar-refractivity contribution >= 4 is 56.5 Å². The van der Waals surface area contributed by atoms with Crippen molar-refractivity contribution < 1.29 is 4.79 Å². The van der Waals surface area contributed by atoms with E-state index in [1.54, 1.807) is 34.9 Å². The molecule has 0 unspecified atom stereocenters. The molecule has 8 heteroatoms. The number of anilines is 1. The van der Waals surface area contributed by atoms with Crippen LogP contribution in [0.15, 0.2) is 83.3 Å². The number of amides is 1. The van der Waals surface area contributed by atoms with Gasteiger partial charge in [-0.3, -0.25) is 14.2 Å². The molecule has 0 radical (unpaired) electrons. The van der Waals surface area contributed by atoms with Gasteiger partial charge in [0.2, 0.25) is 5.91 Å². The molecule has 0 aliphatic carbocycles. The van der Waals surface area contributed by atoms with Crippen LogP contribution in [0.1, 0.15) is 0 Å². The lowest BCUT2D eigenvalue weighted by atomic mass is 10.2. The van der Waals surface area contributed by atoms with Gasteiger partial charge in [-0.15, -0.1) is 17.9 Å². The Balaban J connectivity index is 1.60. The lowest BCUT2D eigenvalue weighted by Crippen LogP contribution is -2.23. The van der Waals surface area contributed by atoms with E-state index in [1.165, 1.54) is 23.1 Å². The van der Waals surface area contributed by atoms with Gasteiger partial charge in [0.05, 0.1) is 11.1 Å². The number of hydrogen-bond donors (Lipinski definition) is 1. The molecule has 0 aliphatic rings. The summed E-state index contributed by atoms with van der Waals surface area (Å²) in [6.07, 6.45) is 1.65. The monoisotopic (exact) mass is 467 g/mol. The fraction of sp³-hybridized carbons (Fsp3) is 0.0870. The number of benzene rings is 2. The zero-order valence-electron chi connectivity index (χ0n) is 16.4. The molecular formula is C23H18ClN3O2S2. The molecule has 2 heterocycles. The zero-order valence-corrected chi connectivity index (χ0v) is 18.8. The average Bonchev–Trinajstić information content (AvgIpc) is 3.21. The third-order valence-corrected chi connectivity index (χ3v) is 6.75. The highest BCUT2D eigenvalue weighted by Gasteiger charge is 2.16. The van der Waals surface area contributed by atoms with Crippen molar-refractivity contribution in [3.8, 4) is 10.4 Å². The van der Waals surface area contributed by atoms with Crippen LogP contribution in [0.3, 0.4) is 0 Å². The molecule has 5 nitrogen and oxygen atoms in total. The number of halogens is 1. The number of carbonyl (C=O) groups excluding carboxylic acids is 1. The number of thioether (sulfide) groups is 1. The Hall–Kier alpha value is -2.87. The van der Waals surface area contributed by atoms with E-state index in [-0.39, 0.29) is 17.2 Å². The van der Waals surface area contributed by atoms with Crippen molar-refractivity contribution in [1.29, 1.82) is 0 Å². The summed E-state index contributed by atoms with van der Waals surface area (Å²) in [4.78, 5) is 31.8. The standard InChI is InChI=1S/C23H18ClN3O2S2/c1-2-12-27-22(29)18-13-19(15-6-4-3-5-7-15)31-21(18)26-23(27)30-14-20(28)25-17-10-8-16(24)9-11-17/h2-11,13H,1,12,14H2,(H,25,28). The van der Waals surface area contributed by atoms with Gasteiger partial charge >= 0.3 is 0 Å². The van der Waals surface area contributed by atoms with Gasteiger partial charge in [-0.25, -0.2) is 4.98 Å². The van der Waals surface area contributed by atoms with E-state index < -0.39 is 0 Å². The van der Waals surface area contributed by atoms with E-state index in [0.29, 0.717) is 32.6 Å². The maximum absolute atomic E-state index is 13.1. The maximum Gasteiger partial charge on any atom is 0.263 e. The van der Waals surface area contributed by atoms with Crippen LogP contribution >= 0.6 is 34.7 Å². The van der Waals surface area contributed by atoms with Crippen molar-refractivity contribution in [2.24, 2.45) is 0 Å². The van der Waals surface area contributed by atoms with E-state index in [1.807, 2.05) is 36.4 Å². The van der Waals surface area contributed by atoms with Gasteiger partial charge in [0.25, 0.3) is 5.56 Å². The largest absolute Gasteiger partial charge is 0.325 e. The Morgan fingerprint density at radius 3 is 2.65 bits per heavy atom. The minimum absolute atomic E-state index is 0.120. The number of carbonyl (C=O) groups is 1. The van der Waals surface area contributed by atoms with Gasteiger partial charge in [-0.2, -0.15) is 0 Å². The highest BCUT2D eigenvalue weighted by atomic mass is 35.5. The van der Waals surface area contributed by atoms with Crippen LogP contribution in [0.2, 0.25) is 5.02 Å². The number of rotatable bonds is 7. The fourth-order valence-electron chi connectivity index (χ4n) is 3.00. The summed E-state index contributed by atoms with van der Waals surface area (Å²) in [5, 5.41) is 4.48. The first-order valence-electron chi connectivity index (χ1n) is 9.44. The summed E-state index contributed by atoms with van der Waals surface area (Å²) >= 11 is 8.57. The highest BCUT2D eigenvalue weighted by Crippen LogP contribution is 2.32. The second kappa shape index (κ2) is 9.51. The Morgan fingerprint density at radius 1 is 1.19 bits per heavy atom. The second-order valence-electron chi connectivity index (χ2n) is 6.64. The maximum atomic E-state index is 13.1. The van der Waals surface area contributed by atoms with Crippen molar-refractivity contribution in [3.63, 3.8) is 0 Å². The molecule has 1 amide bonds. The minimum Gasteiger partial charge on any atom is -0.325 e. The normalized spacial score (nSPS) is 10.9. The van der Waals surface area contributed by atoms with Gasteiger partial charge in [0.1, 0.15) is 4.83 Å². The first kappa shape index (κ1) is 21.4.